The van der Waals surface area contributed by atoms with Gasteiger partial charge in [-0.25, -0.2) is 0 Å². The number of nitrogens with one attached hydrogen (secondary N) is 1. The fraction of sp³-hybridized carbons (Fsp3) is 0.429. The summed E-state index contributed by atoms with van der Waals surface area (Å²) in [5, 5.41) is 13.2. The molecule has 0 radical (unpaired) electrons. The van der Waals surface area contributed by atoms with E-state index in [1.54, 1.807) is 11.3 Å². The van der Waals surface area contributed by atoms with Crippen molar-refractivity contribution in [1.29, 1.82) is 5.26 Å². The van der Waals surface area contributed by atoms with Gasteiger partial charge in [-0.2, -0.15) is 5.26 Å². The summed E-state index contributed by atoms with van der Waals surface area (Å²) >= 11 is 1.57. The molecule has 0 saturated carbocycles. The highest BCUT2D eigenvalue weighted by atomic mass is 32.1. The Morgan fingerprint density at radius 1 is 1.28 bits per heavy atom. The summed E-state index contributed by atoms with van der Waals surface area (Å²) < 4.78 is 0. The minimum atomic E-state index is -0.149. The summed E-state index contributed by atoms with van der Waals surface area (Å²) in [4.78, 5) is 13.9. The van der Waals surface area contributed by atoms with Gasteiger partial charge in [-0.3, -0.25) is 4.79 Å². The second-order valence-electron chi connectivity index (χ2n) is 7.95. The Hall–Kier alpha value is -2.12. The third-order valence-electron chi connectivity index (χ3n) is 4.86. The van der Waals surface area contributed by atoms with Gasteiger partial charge in [0.2, 0.25) is 0 Å². The second kappa shape index (κ2) is 6.65. The zero-order valence-electron chi connectivity index (χ0n) is 15.3. The predicted octanol–water partition coefficient (Wildman–Crippen LogP) is 5.29. The first-order valence-corrected chi connectivity index (χ1v) is 9.57. The summed E-state index contributed by atoms with van der Waals surface area (Å²) in [6, 6.07) is 10.0. The van der Waals surface area contributed by atoms with Crippen molar-refractivity contribution >= 4 is 22.2 Å². The van der Waals surface area contributed by atoms with Crippen LogP contribution in [0.1, 0.15) is 66.0 Å². The molecule has 2 aromatic rings. The van der Waals surface area contributed by atoms with Crippen LogP contribution in [-0.2, 0) is 18.3 Å². The van der Waals surface area contributed by atoms with Crippen molar-refractivity contribution in [2.24, 2.45) is 5.92 Å². The number of carbonyl (C=O) groups excluding carboxylic acids is 1. The lowest BCUT2D eigenvalue weighted by Gasteiger charge is -2.19. The molecule has 1 heterocycles. The molecule has 3 nitrogen and oxygen atoms in total. The topological polar surface area (TPSA) is 52.9 Å². The Balaban J connectivity index is 1.83. The van der Waals surface area contributed by atoms with Gasteiger partial charge in [-0.15, -0.1) is 11.3 Å². The van der Waals surface area contributed by atoms with Crippen LogP contribution in [0.2, 0.25) is 0 Å². The van der Waals surface area contributed by atoms with Crippen LogP contribution in [0.3, 0.4) is 0 Å². The summed E-state index contributed by atoms with van der Waals surface area (Å²) in [6.07, 6.45) is 3.05. The maximum absolute atomic E-state index is 12.6. The first-order valence-electron chi connectivity index (χ1n) is 8.76. The summed E-state index contributed by atoms with van der Waals surface area (Å²) in [6.45, 7) is 8.69. The Kier molecular flexibility index (Phi) is 4.71. The average Bonchev–Trinajstić information content (AvgIpc) is 2.90. The summed E-state index contributed by atoms with van der Waals surface area (Å²) in [5.74, 6) is 0.495. The lowest BCUT2D eigenvalue weighted by Crippen LogP contribution is -2.14. The van der Waals surface area contributed by atoms with Crippen LogP contribution in [-0.4, -0.2) is 5.91 Å². The molecule has 0 spiro atoms. The highest BCUT2D eigenvalue weighted by Gasteiger charge is 2.25. The Labute approximate surface area is 153 Å². The van der Waals surface area contributed by atoms with Gasteiger partial charge in [0.1, 0.15) is 11.1 Å². The molecule has 1 amide bonds. The van der Waals surface area contributed by atoms with E-state index in [1.165, 1.54) is 10.4 Å². The number of amides is 1. The standard InChI is InChI=1S/C21H24N2OS/c1-13-5-10-16-17(12-22)20(25-18(16)11-13)23-19(24)14-6-8-15(9-7-14)21(2,3)4/h6-9,13H,5,10-11H2,1-4H3,(H,23,24)/t13-/m0/s1. The van der Waals surface area contributed by atoms with Crippen LogP contribution in [0.25, 0.3) is 0 Å². The smallest absolute Gasteiger partial charge is 0.256 e. The Bertz CT molecular complexity index is 835. The zero-order chi connectivity index (χ0) is 18.2. The molecule has 1 aliphatic carbocycles. The molecule has 1 N–H and O–H groups in total. The van der Waals surface area contributed by atoms with Crippen LogP contribution in [0, 0.1) is 17.2 Å². The van der Waals surface area contributed by atoms with Gasteiger partial charge >= 0.3 is 0 Å². The van der Waals surface area contributed by atoms with Gasteiger partial charge < -0.3 is 5.32 Å². The van der Waals surface area contributed by atoms with Crippen LogP contribution in [0.4, 0.5) is 5.00 Å². The van der Waals surface area contributed by atoms with Crippen LogP contribution < -0.4 is 5.32 Å². The van der Waals surface area contributed by atoms with Crippen LogP contribution >= 0.6 is 11.3 Å². The molecule has 1 aliphatic rings. The number of rotatable bonds is 2. The molecule has 0 bridgehead atoms. The van der Waals surface area contributed by atoms with Gasteiger partial charge in [0, 0.05) is 10.4 Å². The molecular weight excluding hydrogens is 328 g/mol. The van der Waals surface area contributed by atoms with Gasteiger partial charge in [0.25, 0.3) is 5.91 Å². The van der Waals surface area contributed by atoms with E-state index in [2.05, 4.69) is 39.1 Å². The number of fused-ring (bicyclic) bond motifs is 1. The van der Waals surface area contributed by atoms with Crippen LogP contribution in [0.5, 0.6) is 0 Å². The van der Waals surface area contributed by atoms with E-state index < -0.39 is 0 Å². The highest BCUT2D eigenvalue weighted by molar-refractivity contribution is 7.16. The van der Waals surface area contributed by atoms with E-state index in [0.717, 1.165) is 24.8 Å². The first kappa shape index (κ1) is 17.7. The maximum Gasteiger partial charge on any atom is 0.256 e. The lowest BCUT2D eigenvalue weighted by molar-refractivity contribution is 0.102. The van der Waals surface area contributed by atoms with E-state index in [0.29, 0.717) is 22.0 Å². The van der Waals surface area contributed by atoms with E-state index in [1.807, 2.05) is 24.3 Å². The van der Waals surface area contributed by atoms with Gasteiger partial charge in [-0.1, -0.05) is 39.8 Å². The molecule has 0 saturated heterocycles. The number of nitrogens with zero attached hydrogens (tertiary/aromatic N) is 1. The molecule has 0 aliphatic heterocycles. The average molecular weight is 353 g/mol. The third-order valence-corrected chi connectivity index (χ3v) is 6.03. The third kappa shape index (κ3) is 3.62. The Morgan fingerprint density at radius 3 is 2.56 bits per heavy atom. The van der Waals surface area contributed by atoms with Crippen molar-refractivity contribution in [3.8, 4) is 6.07 Å². The van der Waals surface area contributed by atoms with E-state index in [9.17, 15) is 10.1 Å². The normalized spacial score (nSPS) is 16.8. The van der Waals surface area contributed by atoms with E-state index in [4.69, 9.17) is 0 Å². The monoisotopic (exact) mass is 352 g/mol. The summed E-state index contributed by atoms with van der Waals surface area (Å²) in [5.41, 5.74) is 3.68. The summed E-state index contributed by atoms with van der Waals surface area (Å²) in [7, 11) is 0. The largest absolute Gasteiger partial charge is 0.312 e. The number of carbonyl (C=O) groups is 1. The first-order chi connectivity index (χ1) is 11.8. The molecular formula is C21H24N2OS. The molecule has 4 heteroatoms. The quantitative estimate of drug-likeness (QED) is 0.798. The van der Waals surface area contributed by atoms with Crippen molar-refractivity contribution in [3.63, 3.8) is 0 Å². The van der Waals surface area contributed by atoms with Crippen molar-refractivity contribution in [2.45, 2.75) is 52.4 Å². The maximum atomic E-state index is 12.6. The fourth-order valence-electron chi connectivity index (χ4n) is 3.25. The van der Waals surface area contributed by atoms with Crippen molar-refractivity contribution in [2.75, 3.05) is 5.32 Å². The molecule has 1 aromatic carbocycles. The fourth-order valence-corrected chi connectivity index (χ4v) is 4.61. The SMILES string of the molecule is C[C@H]1CCc2c(sc(NC(=O)c3ccc(C(C)(C)C)cc3)c2C#N)C1. The number of hydrogen-bond acceptors (Lipinski definition) is 3. The molecule has 130 valence electrons. The minimum Gasteiger partial charge on any atom is -0.312 e. The lowest BCUT2D eigenvalue weighted by atomic mass is 9.86. The Morgan fingerprint density at radius 2 is 1.96 bits per heavy atom. The molecule has 25 heavy (non-hydrogen) atoms. The van der Waals surface area contributed by atoms with Gasteiger partial charge in [0.15, 0.2) is 0 Å². The number of thiophene rings is 1. The number of benzene rings is 1. The molecule has 0 unspecified atom stereocenters. The van der Waals surface area contributed by atoms with Crippen molar-refractivity contribution in [3.05, 3.63) is 51.4 Å². The van der Waals surface area contributed by atoms with Crippen molar-refractivity contribution in [1.82, 2.24) is 0 Å². The molecule has 0 fully saturated rings. The molecule has 1 aromatic heterocycles. The minimum absolute atomic E-state index is 0.0620. The zero-order valence-corrected chi connectivity index (χ0v) is 16.1. The van der Waals surface area contributed by atoms with E-state index in [-0.39, 0.29) is 11.3 Å². The highest BCUT2D eigenvalue weighted by Crippen LogP contribution is 2.39. The number of anilines is 1. The number of hydrogen-bond donors (Lipinski definition) is 1. The van der Waals surface area contributed by atoms with E-state index >= 15 is 0 Å². The van der Waals surface area contributed by atoms with Crippen LogP contribution in [0.15, 0.2) is 24.3 Å². The van der Waals surface area contributed by atoms with Gasteiger partial charge in [0.05, 0.1) is 5.56 Å². The predicted molar refractivity (Wildman–Crippen MR) is 103 cm³/mol. The molecule has 1 atom stereocenters. The van der Waals surface area contributed by atoms with Crippen molar-refractivity contribution < 1.29 is 4.79 Å². The van der Waals surface area contributed by atoms with Gasteiger partial charge in [-0.05, 0) is 53.9 Å². The molecule has 3 rings (SSSR count). The number of nitriles is 1. The second-order valence-corrected chi connectivity index (χ2v) is 9.05.